The van der Waals surface area contributed by atoms with Gasteiger partial charge in [0.1, 0.15) is 0 Å². The van der Waals surface area contributed by atoms with E-state index in [1.807, 2.05) is 18.2 Å². The molecule has 0 aliphatic carbocycles. The second-order valence-corrected chi connectivity index (χ2v) is 5.08. The lowest BCUT2D eigenvalue weighted by atomic mass is 10.0. The van der Waals surface area contributed by atoms with Crippen LogP contribution in [-0.4, -0.2) is 71.7 Å². The van der Waals surface area contributed by atoms with Gasteiger partial charge in [-0.25, -0.2) is 0 Å². The van der Waals surface area contributed by atoms with Crippen LogP contribution in [-0.2, 0) is 4.79 Å². The fourth-order valence-electron chi connectivity index (χ4n) is 2.51. The summed E-state index contributed by atoms with van der Waals surface area (Å²) >= 11 is 0. The maximum Gasteiger partial charge on any atom is 0.227 e. The number of nitrogens with two attached hydrogens (primary N) is 1. The van der Waals surface area contributed by atoms with Gasteiger partial charge in [0.25, 0.3) is 0 Å². The SMILES string of the molecule is NC(=O)C(CN1CCN(CCO)CC1)c1ccccn1. The molecule has 1 atom stereocenters. The van der Waals surface area contributed by atoms with E-state index >= 15 is 0 Å². The Morgan fingerprint density at radius 2 is 2.00 bits per heavy atom. The van der Waals surface area contributed by atoms with Gasteiger partial charge in [-0.05, 0) is 12.1 Å². The number of primary amides is 1. The Morgan fingerprint density at radius 1 is 1.30 bits per heavy atom. The third kappa shape index (κ3) is 4.00. The number of hydrogen-bond acceptors (Lipinski definition) is 5. The van der Waals surface area contributed by atoms with E-state index in [0.717, 1.165) is 31.9 Å². The molecule has 1 aliphatic rings. The van der Waals surface area contributed by atoms with Crippen LogP contribution in [0, 0.1) is 0 Å². The van der Waals surface area contributed by atoms with Gasteiger partial charge in [-0.3, -0.25) is 19.6 Å². The summed E-state index contributed by atoms with van der Waals surface area (Å²) in [6.07, 6.45) is 1.68. The Balaban J connectivity index is 1.92. The summed E-state index contributed by atoms with van der Waals surface area (Å²) in [7, 11) is 0. The van der Waals surface area contributed by atoms with E-state index in [0.29, 0.717) is 13.1 Å². The Kier molecular flexibility index (Phi) is 5.46. The number of piperazine rings is 1. The molecule has 2 heterocycles. The van der Waals surface area contributed by atoms with Crippen molar-refractivity contribution in [3.05, 3.63) is 30.1 Å². The van der Waals surface area contributed by atoms with E-state index in [-0.39, 0.29) is 18.4 Å². The van der Waals surface area contributed by atoms with E-state index < -0.39 is 0 Å². The smallest absolute Gasteiger partial charge is 0.227 e. The average molecular weight is 278 g/mol. The topological polar surface area (TPSA) is 82.7 Å². The largest absolute Gasteiger partial charge is 0.395 e. The number of rotatable bonds is 6. The first-order valence-electron chi connectivity index (χ1n) is 6.96. The van der Waals surface area contributed by atoms with Gasteiger partial charge in [0.05, 0.1) is 18.2 Å². The zero-order chi connectivity index (χ0) is 14.4. The number of aromatic nitrogens is 1. The second kappa shape index (κ2) is 7.33. The molecule has 0 aromatic carbocycles. The minimum Gasteiger partial charge on any atom is -0.395 e. The maximum atomic E-state index is 11.7. The molecule has 3 N–H and O–H groups in total. The van der Waals surface area contributed by atoms with Crippen LogP contribution in [0.15, 0.2) is 24.4 Å². The molecule has 110 valence electrons. The number of hydrogen-bond donors (Lipinski definition) is 2. The molecule has 1 fully saturated rings. The fraction of sp³-hybridized carbons (Fsp3) is 0.571. The minimum absolute atomic E-state index is 0.192. The first kappa shape index (κ1) is 14.9. The van der Waals surface area contributed by atoms with Crippen LogP contribution in [0.4, 0.5) is 0 Å². The number of nitrogens with zero attached hydrogens (tertiary/aromatic N) is 3. The van der Waals surface area contributed by atoms with Gasteiger partial charge in [-0.15, -0.1) is 0 Å². The molecule has 20 heavy (non-hydrogen) atoms. The number of pyridine rings is 1. The zero-order valence-electron chi connectivity index (χ0n) is 11.6. The van der Waals surface area contributed by atoms with Crippen LogP contribution in [0.25, 0.3) is 0 Å². The van der Waals surface area contributed by atoms with Crippen LogP contribution in [0.5, 0.6) is 0 Å². The Bertz CT molecular complexity index is 418. The van der Waals surface area contributed by atoms with Crippen molar-refractivity contribution in [1.29, 1.82) is 0 Å². The van der Waals surface area contributed by atoms with Crippen molar-refractivity contribution in [2.45, 2.75) is 5.92 Å². The summed E-state index contributed by atoms with van der Waals surface area (Å²) in [5.41, 5.74) is 6.25. The van der Waals surface area contributed by atoms with Gasteiger partial charge in [0, 0.05) is 45.5 Å². The molecule has 1 aromatic heterocycles. The molecule has 6 nitrogen and oxygen atoms in total. The molecule has 1 aliphatic heterocycles. The first-order valence-corrected chi connectivity index (χ1v) is 6.96. The summed E-state index contributed by atoms with van der Waals surface area (Å²) in [4.78, 5) is 20.3. The number of amides is 1. The van der Waals surface area contributed by atoms with Crippen molar-refractivity contribution in [1.82, 2.24) is 14.8 Å². The predicted molar refractivity (Wildman–Crippen MR) is 76.1 cm³/mol. The second-order valence-electron chi connectivity index (χ2n) is 5.08. The van der Waals surface area contributed by atoms with E-state index in [1.165, 1.54) is 0 Å². The van der Waals surface area contributed by atoms with Crippen molar-refractivity contribution in [3.8, 4) is 0 Å². The average Bonchev–Trinajstić information content (AvgIpc) is 2.47. The molecule has 1 amide bonds. The first-order chi connectivity index (χ1) is 9.70. The number of carbonyl (C=O) groups excluding carboxylic acids is 1. The summed E-state index contributed by atoms with van der Waals surface area (Å²) in [5.74, 6) is -0.693. The van der Waals surface area contributed by atoms with Crippen molar-refractivity contribution in [2.75, 3.05) is 45.9 Å². The molecule has 2 rings (SSSR count). The lowest BCUT2D eigenvalue weighted by molar-refractivity contribution is -0.120. The molecule has 0 spiro atoms. The number of carbonyl (C=O) groups is 1. The lowest BCUT2D eigenvalue weighted by Gasteiger charge is -2.35. The van der Waals surface area contributed by atoms with Crippen molar-refractivity contribution in [2.24, 2.45) is 5.73 Å². The molecule has 0 radical (unpaired) electrons. The highest BCUT2D eigenvalue weighted by Gasteiger charge is 2.24. The summed E-state index contributed by atoms with van der Waals surface area (Å²) < 4.78 is 0. The van der Waals surface area contributed by atoms with Gasteiger partial charge in [-0.2, -0.15) is 0 Å². The molecular weight excluding hydrogens is 256 g/mol. The van der Waals surface area contributed by atoms with Crippen molar-refractivity contribution >= 4 is 5.91 Å². The molecular formula is C14H22N4O2. The highest BCUT2D eigenvalue weighted by Crippen LogP contribution is 2.15. The molecule has 1 saturated heterocycles. The predicted octanol–water partition coefficient (Wildman–Crippen LogP) is -0.740. The zero-order valence-corrected chi connectivity index (χ0v) is 11.6. The molecule has 6 heteroatoms. The number of aliphatic hydroxyl groups is 1. The van der Waals surface area contributed by atoms with Gasteiger partial charge >= 0.3 is 0 Å². The van der Waals surface area contributed by atoms with E-state index in [9.17, 15) is 4.79 Å². The third-order valence-electron chi connectivity index (χ3n) is 3.71. The van der Waals surface area contributed by atoms with Gasteiger partial charge in [-0.1, -0.05) is 6.07 Å². The van der Waals surface area contributed by atoms with Crippen LogP contribution >= 0.6 is 0 Å². The summed E-state index contributed by atoms with van der Waals surface area (Å²) in [6, 6.07) is 5.55. The third-order valence-corrected chi connectivity index (χ3v) is 3.71. The number of aliphatic hydroxyl groups excluding tert-OH is 1. The Labute approximate surface area is 119 Å². The summed E-state index contributed by atoms with van der Waals surface area (Å²) in [5, 5.41) is 8.93. The van der Waals surface area contributed by atoms with Crippen molar-refractivity contribution < 1.29 is 9.90 Å². The van der Waals surface area contributed by atoms with E-state index in [1.54, 1.807) is 6.20 Å². The minimum atomic E-state index is -0.361. The van der Waals surface area contributed by atoms with Crippen LogP contribution < -0.4 is 5.73 Å². The van der Waals surface area contributed by atoms with Gasteiger partial charge < -0.3 is 10.8 Å². The van der Waals surface area contributed by atoms with Crippen LogP contribution in [0.2, 0.25) is 0 Å². The van der Waals surface area contributed by atoms with Gasteiger partial charge in [0.15, 0.2) is 0 Å². The highest BCUT2D eigenvalue weighted by molar-refractivity contribution is 5.81. The van der Waals surface area contributed by atoms with E-state index in [2.05, 4.69) is 14.8 Å². The fourth-order valence-corrected chi connectivity index (χ4v) is 2.51. The molecule has 0 bridgehead atoms. The number of β-amino-alcohol motifs (C(OH)–C–C–N with tert-alkyl or cyclic N) is 1. The quantitative estimate of drug-likeness (QED) is 0.716. The normalized spacial score (nSPS) is 18.9. The van der Waals surface area contributed by atoms with Crippen LogP contribution in [0.3, 0.4) is 0 Å². The monoisotopic (exact) mass is 278 g/mol. The van der Waals surface area contributed by atoms with E-state index in [4.69, 9.17) is 10.8 Å². The Hall–Kier alpha value is -1.50. The molecule has 1 unspecified atom stereocenters. The van der Waals surface area contributed by atoms with Crippen LogP contribution in [0.1, 0.15) is 11.6 Å². The summed E-state index contributed by atoms with van der Waals surface area (Å²) in [6.45, 7) is 5.11. The standard InChI is InChI=1S/C14H22N4O2/c15-14(20)12(13-3-1-2-4-16-13)11-18-7-5-17(6-8-18)9-10-19/h1-4,12,19H,5-11H2,(H2,15,20). The van der Waals surface area contributed by atoms with Crippen molar-refractivity contribution in [3.63, 3.8) is 0 Å². The molecule has 0 saturated carbocycles. The molecule has 1 aromatic rings. The highest BCUT2D eigenvalue weighted by atomic mass is 16.3. The lowest BCUT2D eigenvalue weighted by Crippen LogP contribution is -2.49. The van der Waals surface area contributed by atoms with Gasteiger partial charge in [0.2, 0.25) is 5.91 Å². The maximum absolute atomic E-state index is 11.7. The Morgan fingerprint density at radius 3 is 2.55 bits per heavy atom.